The van der Waals surface area contributed by atoms with E-state index in [9.17, 15) is 13.2 Å². The summed E-state index contributed by atoms with van der Waals surface area (Å²) in [4.78, 5) is 11.1. The van der Waals surface area contributed by atoms with Gasteiger partial charge in [-0.1, -0.05) is 12.1 Å². The van der Waals surface area contributed by atoms with Crippen LogP contribution in [0.1, 0.15) is 19.3 Å². The summed E-state index contributed by atoms with van der Waals surface area (Å²) in [6.45, 7) is 1.52. The molecule has 2 N–H and O–H groups in total. The van der Waals surface area contributed by atoms with E-state index in [2.05, 4.69) is 15.1 Å². The molecule has 31 heavy (non-hydrogen) atoms. The Bertz CT molecular complexity index is 1280. The van der Waals surface area contributed by atoms with E-state index in [0.717, 1.165) is 38.4 Å². The molecule has 1 aliphatic rings. The van der Waals surface area contributed by atoms with Crippen LogP contribution >= 0.6 is 0 Å². The van der Waals surface area contributed by atoms with Gasteiger partial charge in [-0.2, -0.15) is 4.98 Å². The normalized spacial score (nSPS) is 14.4. The first kappa shape index (κ1) is 19.3. The Balaban J connectivity index is 1.78. The van der Waals surface area contributed by atoms with Gasteiger partial charge in [0.1, 0.15) is 11.6 Å². The van der Waals surface area contributed by atoms with E-state index in [1.54, 1.807) is 6.07 Å². The molecule has 6 nitrogen and oxygen atoms in total. The van der Waals surface area contributed by atoms with E-state index in [4.69, 9.17) is 5.73 Å². The SMILES string of the molecule is Nc1c2c(-c3cccc(F)c3F)nc(N3CCCCC3)nc2nn1-c1cccc(F)c1. The zero-order valence-electron chi connectivity index (χ0n) is 16.5. The Hall–Kier alpha value is -3.62. The number of nitrogens with two attached hydrogens (primary N) is 1. The quantitative estimate of drug-likeness (QED) is 0.525. The first-order chi connectivity index (χ1) is 15.0. The van der Waals surface area contributed by atoms with Crippen LogP contribution in [0.2, 0.25) is 0 Å². The zero-order valence-corrected chi connectivity index (χ0v) is 16.5. The number of anilines is 2. The van der Waals surface area contributed by atoms with Gasteiger partial charge in [-0.25, -0.2) is 22.8 Å². The van der Waals surface area contributed by atoms with Crippen LogP contribution < -0.4 is 10.6 Å². The second-order valence-electron chi connectivity index (χ2n) is 7.50. The summed E-state index contributed by atoms with van der Waals surface area (Å²) in [5.74, 6) is -1.96. The number of aromatic nitrogens is 4. The predicted octanol–water partition coefficient (Wildman–Crippen LogP) is 4.47. The van der Waals surface area contributed by atoms with E-state index in [0.29, 0.717) is 11.6 Å². The van der Waals surface area contributed by atoms with E-state index >= 15 is 0 Å². The topological polar surface area (TPSA) is 72.9 Å². The Morgan fingerprint density at radius 1 is 0.903 bits per heavy atom. The van der Waals surface area contributed by atoms with E-state index in [1.807, 2.05) is 4.90 Å². The number of hydrogen-bond donors (Lipinski definition) is 1. The molecule has 2 aromatic heterocycles. The van der Waals surface area contributed by atoms with Crippen LogP contribution in [0, 0.1) is 17.5 Å². The maximum Gasteiger partial charge on any atom is 0.228 e. The minimum absolute atomic E-state index is 0.0313. The number of rotatable bonds is 3. The van der Waals surface area contributed by atoms with Gasteiger partial charge in [0.25, 0.3) is 0 Å². The summed E-state index contributed by atoms with van der Waals surface area (Å²) >= 11 is 0. The number of fused-ring (bicyclic) bond motifs is 1. The van der Waals surface area contributed by atoms with Crippen LogP contribution in [-0.2, 0) is 0 Å². The fourth-order valence-corrected chi connectivity index (χ4v) is 3.92. The molecule has 2 aromatic carbocycles. The summed E-state index contributed by atoms with van der Waals surface area (Å²) in [5, 5.41) is 4.73. The Morgan fingerprint density at radius 3 is 2.45 bits per heavy atom. The van der Waals surface area contributed by atoms with Crippen molar-refractivity contribution in [3.63, 3.8) is 0 Å². The smallest absolute Gasteiger partial charge is 0.228 e. The standard InChI is InChI=1S/C22H19F3N6/c23-13-6-4-7-14(12-13)31-20(26)17-19(15-8-5-9-16(24)18(15)25)27-22(28-21(17)29-31)30-10-2-1-3-11-30/h4-9,12H,1-3,10-11,26H2. The van der Waals surface area contributed by atoms with Gasteiger partial charge in [0.15, 0.2) is 17.3 Å². The van der Waals surface area contributed by atoms with E-state index in [1.165, 1.54) is 35.0 Å². The fraction of sp³-hybridized carbons (Fsp3) is 0.227. The van der Waals surface area contributed by atoms with Gasteiger partial charge in [-0.15, -0.1) is 5.10 Å². The highest BCUT2D eigenvalue weighted by molar-refractivity contribution is 5.99. The number of piperidine rings is 1. The largest absolute Gasteiger partial charge is 0.383 e. The molecule has 4 aromatic rings. The molecule has 158 valence electrons. The second-order valence-corrected chi connectivity index (χ2v) is 7.50. The molecule has 0 bridgehead atoms. The predicted molar refractivity (Wildman–Crippen MR) is 112 cm³/mol. The molecule has 0 atom stereocenters. The molecule has 1 aliphatic heterocycles. The number of halogens is 3. The lowest BCUT2D eigenvalue weighted by molar-refractivity contribution is 0.511. The van der Waals surface area contributed by atoms with Crippen molar-refractivity contribution in [2.75, 3.05) is 23.7 Å². The molecule has 0 aliphatic carbocycles. The molecule has 0 unspecified atom stereocenters. The van der Waals surface area contributed by atoms with Crippen molar-refractivity contribution in [1.29, 1.82) is 0 Å². The van der Waals surface area contributed by atoms with Crippen LogP contribution in [-0.4, -0.2) is 32.8 Å². The highest BCUT2D eigenvalue weighted by atomic mass is 19.2. The number of nitrogens with zero attached hydrogens (tertiary/aromatic N) is 5. The van der Waals surface area contributed by atoms with Gasteiger partial charge in [-0.05, 0) is 49.6 Å². The Labute approximate surface area is 176 Å². The van der Waals surface area contributed by atoms with Crippen molar-refractivity contribution in [1.82, 2.24) is 19.7 Å². The van der Waals surface area contributed by atoms with Crippen LogP contribution in [0.4, 0.5) is 24.9 Å². The van der Waals surface area contributed by atoms with Gasteiger partial charge in [-0.3, -0.25) is 0 Å². The van der Waals surface area contributed by atoms with Gasteiger partial charge in [0, 0.05) is 18.7 Å². The highest BCUT2D eigenvalue weighted by Crippen LogP contribution is 2.35. The van der Waals surface area contributed by atoms with Crippen molar-refractivity contribution in [3.05, 3.63) is 59.9 Å². The number of benzene rings is 2. The summed E-state index contributed by atoms with van der Waals surface area (Å²) < 4.78 is 43.9. The molecule has 0 radical (unpaired) electrons. The first-order valence-corrected chi connectivity index (χ1v) is 10.0. The van der Waals surface area contributed by atoms with Gasteiger partial charge < -0.3 is 10.6 Å². The molecule has 5 rings (SSSR count). The summed E-state index contributed by atoms with van der Waals surface area (Å²) in [6.07, 6.45) is 3.10. The van der Waals surface area contributed by atoms with Crippen molar-refractivity contribution in [2.45, 2.75) is 19.3 Å². The van der Waals surface area contributed by atoms with Crippen LogP contribution in [0.3, 0.4) is 0 Å². The molecule has 9 heteroatoms. The Morgan fingerprint density at radius 2 is 1.68 bits per heavy atom. The minimum atomic E-state index is -1.02. The lowest BCUT2D eigenvalue weighted by atomic mass is 10.1. The number of nitrogen functional groups attached to an aromatic ring is 1. The van der Waals surface area contributed by atoms with Crippen molar-refractivity contribution in [3.8, 4) is 16.9 Å². The van der Waals surface area contributed by atoms with E-state index < -0.39 is 17.5 Å². The van der Waals surface area contributed by atoms with Crippen molar-refractivity contribution >= 4 is 22.8 Å². The van der Waals surface area contributed by atoms with Gasteiger partial charge in [0.05, 0.1) is 16.8 Å². The van der Waals surface area contributed by atoms with E-state index in [-0.39, 0.29) is 28.1 Å². The van der Waals surface area contributed by atoms with Gasteiger partial charge >= 0.3 is 0 Å². The lowest BCUT2D eigenvalue weighted by Gasteiger charge is -2.26. The zero-order chi connectivity index (χ0) is 21.5. The minimum Gasteiger partial charge on any atom is -0.383 e. The fourth-order valence-electron chi connectivity index (χ4n) is 3.92. The van der Waals surface area contributed by atoms with Gasteiger partial charge in [0.2, 0.25) is 5.95 Å². The molecule has 0 spiro atoms. The summed E-state index contributed by atoms with van der Waals surface area (Å²) in [5.41, 5.74) is 7.09. The molecule has 0 amide bonds. The maximum absolute atomic E-state index is 14.7. The molecule has 0 saturated carbocycles. The van der Waals surface area contributed by atoms with Crippen LogP contribution in [0.5, 0.6) is 0 Å². The first-order valence-electron chi connectivity index (χ1n) is 10.0. The molecular formula is C22H19F3N6. The highest BCUT2D eigenvalue weighted by Gasteiger charge is 2.24. The molecular weight excluding hydrogens is 405 g/mol. The van der Waals surface area contributed by atoms with Crippen LogP contribution in [0.25, 0.3) is 28.0 Å². The third kappa shape index (κ3) is 3.35. The average molecular weight is 424 g/mol. The summed E-state index contributed by atoms with van der Waals surface area (Å²) in [6, 6.07) is 9.67. The average Bonchev–Trinajstić information content (AvgIpc) is 3.12. The molecule has 3 heterocycles. The maximum atomic E-state index is 14.7. The third-order valence-corrected chi connectivity index (χ3v) is 5.46. The summed E-state index contributed by atoms with van der Waals surface area (Å²) in [7, 11) is 0. The molecule has 1 saturated heterocycles. The second kappa shape index (κ2) is 7.57. The Kier molecular flexibility index (Phi) is 4.72. The van der Waals surface area contributed by atoms with Crippen LogP contribution in [0.15, 0.2) is 42.5 Å². The van der Waals surface area contributed by atoms with Crippen molar-refractivity contribution in [2.24, 2.45) is 0 Å². The monoisotopic (exact) mass is 424 g/mol. The number of hydrogen-bond acceptors (Lipinski definition) is 5. The lowest BCUT2D eigenvalue weighted by Crippen LogP contribution is -2.31. The molecule has 1 fully saturated rings. The van der Waals surface area contributed by atoms with Crippen molar-refractivity contribution < 1.29 is 13.2 Å². The third-order valence-electron chi connectivity index (χ3n) is 5.46.